The van der Waals surface area contributed by atoms with Gasteiger partial charge < -0.3 is 9.47 Å². The van der Waals surface area contributed by atoms with Crippen molar-refractivity contribution in [3.8, 4) is 0 Å². The highest BCUT2D eigenvalue weighted by molar-refractivity contribution is 6.89. The van der Waals surface area contributed by atoms with Gasteiger partial charge in [0.25, 0.3) is 0 Å². The lowest BCUT2D eigenvalue weighted by Crippen LogP contribution is -2.45. The second-order valence-electron chi connectivity index (χ2n) is 7.40. The third kappa shape index (κ3) is 3.34. The van der Waals surface area contributed by atoms with Crippen LogP contribution in [0.5, 0.6) is 0 Å². The molecule has 0 N–H and O–H groups in total. The Kier molecular flexibility index (Phi) is 4.32. The standard InChI is InChI=1S/C18H24O4Si/c1-12(19)21-17-10-16-14(9-18(20)22-16)15(17)11-23(2,3)13-7-5-4-6-8-13/h4-8,14-17H,9-11H2,1-3H3/t14-,15-,16+,17-/m0/s1. The van der Waals surface area contributed by atoms with E-state index in [0.717, 1.165) is 6.04 Å². The minimum atomic E-state index is -1.68. The van der Waals surface area contributed by atoms with E-state index in [9.17, 15) is 9.59 Å². The maximum absolute atomic E-state index is 11.6. The van der Waals surface area contributed by atoms with Gasteiger partial charge in [-0.15, -0.1) is 0 Å². The van der Waals surface area contributed by atoms with E-state index in [2.05, 4.69) is 37.4 Å². The van der Waals surface area contributed by atoms with Gasteiger partial charge in [0.05, 0.1) is 14.5 Å². The van der Waals surface area contributed by atoms with Crippen LogP contribution >= 0.6 is 0 Å². The summed E-state index contributed by atoms with van der Waals surface area (Å²) in [6, 6.07) is 11.6. The third-order valence-corrected chi connectivity index (χ3v) is 8.66. The quantitative estimate of drug-likeness (QED) is 0.628. The summed E-state index contributed by atoms with van der Waals surface area (Å²) in [5, 5.41) is 1.40. The van der Waals surface area contributed by atoms with Crippen LogP contribution in [0.2, 0.25) is 19.1 Å². The Hall–Kier alpha value is -1.62. The average Bonchev–Trinajstić information content (AvgIpc) is 2.97. The van der Waals surface area contributed by atoms with Crippen LogP contribution < -0.4 is 5.19 Å². The molecule has 1 aliphatic carbocycles. The Morgan fingerprint density at radius 2 is 2.00 bits per heavy atom. The number of hydrogen-bond acceptors (Lipinski definition) is 4. The van der Waals surface area contributed by atoms with Crippen LogP contribution in [-0.2, 0) is 19.1 Å². The highest BCUT2D eigenvalue weighted by Crippen LogP contribution is 2.46. The molecule has 0 bridgehead atoms. The Balaban J connectivity index is 1.82. The maximum Gasteiger partial charge on any atom is 0.306 e. The van der Waals surface area contributed by atoms with Gasteiger partial charge in [-0.2, -0.15) is 0 Å². The van der Waals surface area contributed by atoms with Crippen LogP contribution in [0.3, 0.4) is 0 Å². The number of hydrogen-bond donors (Lipinski definition) is 0. The second kappa shape index (κ2) is 6.11. The molecule has 0 spiro atoms. The molecule has 23 heavy (non-hydrogen) atoms. The van der Waals surface area contributed by atoms with Crippen molar-refractivity contribution in [1.82, 2.24) is 0 Å². The fourth-order valence-electron chi connectivity index (χ4n) is 4.19. The zero-order valence-corrected chi connectivity index (χ0v) is 15.0. The van der Waals surface area contributed by atoms with E-state index in [0.29, 0.717) is 12.8 Å². The average molecular weight is 332 g/mol. The highest BCUT2D eigenvalue weighted by Gasteiger charge is 2.52. The fraction of sp³-hybridized carbons (Fsp3) is 0.556. The first-order valence-corrected chi connectivity index (χ1v) is 11.5. The van der Waals surface area contributed by atoms with Gasteiger partial charge in [0.15, 0.2) is 0 Å². The molecule has 5 heteroatoms. The molecule has 0 unspecified atom stereocenters. The number of ether oxygens (including phenoxy) is 2. The van der Waals surface area contributed by atoms with E-state index >= 15 is 0 Å². The molecule has 1 aromatic carbocycles. The van der Waals surface area contributed by atoms with Crippen molar-refractivity contribution >= 4 is 25.2 Å². The van der Waals surface area contributed by atoms with Crippen LogP contribution in [0.4, 0.5) is 0 Å². The van der Waals surface area contributed by atoms with Crippen LogP contribution in [0.15, 0.2) is 30.3 Å². The first-order valence-electron chi connectivity index (χ1n) is 8.29. The molecular weight excluding hydrogens is 308 g/mol. The van der Waals surface area contributed by atoms with Crippen LogP contribution in [-0.4, -0.2) is 32.2 Å². The van der Waals surface area contributed by atoms with Crippen molar-refractivity contribution in [1.29, 1.82) is 0 Å². The summed E-state index contributed by atoms with van der Waals surface area (Å²) in [4.78, 5) is 23.1. The zero-order valence-electron chi connectivity index (χ0n) is 14.0. The molecule has 4 nitrogen and oxygen atoms in total. The normalized spacial score (nSPS) is 30.0. The van der Waals surface area contributed by atoms with E-state index in [1.165, 1.54) is 12.1 Å². The molecule has 1 saturated heterocycles. The number of esters is 2. The van der Waals surface area contributed by atoms with Crippen molar-refractivity contribution < 1.29 is 19.1 Å². The summed E-state index contributed by atoms with van der Waals surface area (Å²) in [6.45, 7) is 6.15. The van der Waals surface area contributed by atoms with E-state index in [1.54, 1.807) is 0 Å². The lowest BCUT2D eigenvalue weighted by Gasteiger charge is -2.31. The van der Waals surface area contributed by atoms with Crippen molar-refractivity contribution in [2.45, 2.75) is 51.1 Å². The van der Waals surface area contributed by atoms with Gasteiger partial charge in [-0.25, -0.2) is 0 Å². The summed E-state index contributed by atoms with van der Waals surface area (Å²) in [6.07, 6.45) is 0.926. The molecule has 1 aliphatic heterocycles. The van der Waals surface area contributed by atoms with Crippen LogP contribution in [0.1, 0.15) is 19.8 Å². The Morgan fingerprint density at radius 1 is 1.30 bits per heavy atom. The first kappa shape index (κ1) is 16.2. The minimum absolute atomic E-state index is 0.0718. The smallest absolute Gasteiger partial charge is 0.306 e. The lowest BCUT2D eigenvalue weighted by atomic mass is 9.94. The van der Waals surface area contributed by atoms with Gasteiger partial charge >= 0.3 is 11.9 Å². The fourth-order valence-corrected chi connectivity index (χ4v) is 7.26. The molecule has 1 aromatic rings. The molecule has 1 heterocycles. The Morgan fingerprint density at radius 3 is 2.65 bits per heavy atom. The molecule has 4 atom stereocenters. The van der Waals surface area contributed by atoms with E-state index < -0.39 is 8.07 Å². The summed E-state index contributed by atoms with van der Waals surface area (Å²) < 4.78 is 11.0. The minimum Gasteiger partial charge on any atom is -0.462 e. The monoisotopic (exact) mass is 332 g/mol. The predicted molar refractivity (Wildman–Crippen MR) is 90.0 cm³/mol. The second-order valence-corrected chi connectivity index (χ2v) is 12.2. The van der Waals surface area contributed by atoms with Crippen molar-refractivity contribution in [2.24, 2.45) is 11.8 Å². The topological polar surface area (TPSA) is 52.6 Å². The molecule has 3 rings (SSSR count). The summed E-state index contributed by atoms with van der Waals surface area (Å²) in [7, 11) is -1.68. The molecule has 2 aliphatic rings. The largest absolute Gasteiger partial charge is 0.462 e. The molecule has 0 radical (unpaired) electrons. The number of rotatable bonds is 4. The van der Waals surface area contributed by atoms with Gasteiger partial charge in [-0.05, 0) is 6.04 Å². The first-order chi connectivity index (χ1) is 10.9. The zero-order chi connectivity index (χ0) is 16.6. The van der Waals surface area contributed by atoms with E-state index in [-0.39, 0.29) is 36.0 Å². The molecule has 0 aromatic heterocycles. The van der Waals surface area contributed by atoms with Crippen LogP contribution in [0, 0.1) is 11.8 Å². The van der Waals surface area contributed by atoms with Gasteiger partial charge in [0.2, 0.25) is 0 Å². The van der Waals surface area contributed by atoms with Crippen molar-refractivity contribution in [3.63, 3.8) is 0 Å². The molecule has 0 amide bonds. The van der Waals surface area contributed by atoms with Gasteiger partial charge in [0, 0.05) is 25.2 Å². The maximum atomic E-state index is 11.6. The number of benzene rings is 1. The molecule has 124 valence electrons. The molecule has 1 saturated carbocycles. The third-order valence-electron chi connectivity index (χ3n) is 5.27. The number of carbonyl (C=O) groups is 2. The summed E-state index contributed by atoms with van der Waals surface area (Å²) in [5.41, 5.74) is 0. The van der Waals surface area contributed by atoms with Gasteiger partial charge in [-0.3, -0.25) is 9.59 Å². The Bertz CT molecular complexity index is 598. The van der Waals surface area contributed by atoms with Crippen LogP contribution in [0.25, 0.3) is 0 Å². The van der Waals surface area contributed by atoms with Crippen molar-refractivity contribution in [3.05, 3.63) is 30.3 Å². The SMILES string of the molecule is CC(=O)O[C@H]1C[C@H]2OC(=O)C[C@H]2[C@@H]1C[Si](C)(C)c1ccccc1. The Labute approximate surface area is 138 Å². The molecular formula is C18H24O4Si. The van der Waals surface area contributed by atoms with E-state index in [4.69, 9.17) is 9.47 Å². The lowest BCUT2D eigenvalue weighted by molar-refractivity contribution is -0.149. The molecule has 2 fully saturated rings. The van der Waals surface area contributed by atoms with Gasteiger partial charge in [-0.1, -0.05) is 48.6 Å². The number of carbonyl (C=O) groups excluding carboxylic acids is 2. The van der Waals surface area contributed by atoms with Crippen molar-refractivity contribution in [2.75, 3.05) is 0 Å². The predicted octanol–water partition coefficient (Wildman–Crippen LogP) is 2.49. The summed E-state index contributed by atoms with van der Waals surface area (Å²) in [5.74, 6) is 0.0653. The highest BCUT2D eigenvalue weighted by atomic mass is 28.3. The van der Waals surface area contributed by atoms with E-state index in [1.807, 2.05) is 6.07 Å². The van der Waals surface area contributed by atoms with Gasteiger partial charge in [0.1, 0.15) is 12.2 Å². The number of fused-ring (bicyclic) bond motifs is 1. The summed E-state index contributed by atoms with van der Waals surface area (Å²) >= 11 is 0.